The Morgan fingerprint density at radius 2 is 1.67 bits per heavy atom. The van der Waals surface area contributed by atoms with Crippen LogP contribution in [0.2, 0.25) is 0 Å². The lowest BCUT2D eigenvalue weighted by atomic mass is 9.91. The number of hydrogen-bond acceptors (Lipinski definition) is 6. The molecular weight excluding hydrogens is 380 g/mol. The summed E-state index contributed by atoms with van der Waals surface area (Å²) in [4.78, 5) is 37.5. The molecule has 1 aromatic heterocycles. The van der Waals surface area contributed by atoms with Crippen LogP contribution >= 0.6 is 0 Å². The zero-order valence-electron chi connectivity index (χ0n) is 17.8. The molecule has 1 aromatic rings. The Morgan fingerprint density at radius 3 is 2.23 bits per heavy atom. The fourth-order valence-corrected chi connectivity index (χ4v) is 4.54. The summed E-state index contributed by atoms with van der Waals surface area (Å²) in [6.07, 6.45) is 6.45. The van der Waals surface area contributed by atoms with Crippen molar-refractivity contribution < 1.29 is 9.59 Å². The minimum absolute atomic E-state index is 0.287. The van der Waals surface area contributed by atoms with E-state index in [1.54, 1.807) is 12.3 Å². The van der Waals surface area contributed by atoms with Gasteiger partial charge >= 0.3 is 0 Å². The number of hydrogen-bond donors (Lipinski definition) is 1. The van der Waals surface area contributed by atoms with E-state index in [2.05, 4.69) is 24.6 Å². The largest absolute Gasteiger partial charge is 0.366 e. The Balaban J connectivity index is 1.13. The maximum absolute atomic E-state index is 12.7. The number of pyridine rings is 1. The summed E-state index contributed by atoms with van der Waals surface area (Å²) in [7, 11) is 0. The van der Waals surface area contributed by atoms with Crippen molar-refractivity contribution in [1.82, 2.24) is 24.6 Å². The van der Waals surface area contributed by atoms with Gasteiger partial charge in [0.2, 0.25) is 11.8 Å². The van der Waals surface area contributed by atoms with Crippen LogP contribution in [0.5, 0.6) is 0 Å². The van der Waals surface area contributed by atoms with Crippen molar-refractivity contribution in [2.75, 3.05) is 65.4 Å². The third kappa shape index (κ3) is 5.36. The van der Waals surface area contributed by atoms with Crippen LogP contribution in [0, 0.1) is 0 Å². The van der Waals surface area contributed by atoms with Gasteiger partial charge in [-0.2, -0.15) is 0 Å². The summed E-state index contributed by atoms with van der Waals surface area (Å²) in [6, 6.07) is 4.39. The van der Waals surface area contributed by atoms with Gasteiger partial charge in [-0.1, -0.05) is 6.42 Å². The van der Waals surface area contributed by atoms with Crippen molar-refractivity contribution in [3.8, 4) is 0 Å². The lowest BCUT2D eigenvalue weighted by Crippen LogP contribution is -2.56. The highest BCUT2D eigenvalue weighted by molar-refractivity contribution is 5.92. The highest BCUT2D eigenvalue weighted by atomic mass is 16.2. The summed E-state index contributed by atoms with van der Waals surface area (Å²) < 4.78 is 0. The van der Waals surface area contributed by atoms with Gasteiger partial charge in [-0.05, 0) is 25.0 Å². The van der Waals surface area contributed by atoms with Crippen molar-refractivity contribution >= 4 is 11.8 Å². The molecule has 3 fully saturated rings. The molecule has 0 bridgehead atoms. The minimum Gasteiger partial charge on any atom is -0.366 e. The number of carbonyl (C=O) groups is 2. The second-order valence-corrected chi connectivity index (χ2v) is 8.77. The van der Waals surface area contributed by atoms with Crippen molar-refractivity contribution in [3.63, 3.8) is 0 Å². The van der Waals surface area contributed by atoms with Crippen LogP contribution in [0.25, 0.3) is 0 Å². The van der Waals surface area contributed by atoms with Crippen LogP contribution in [-0.2, 0) is 11.2 Å². The molecule has 0 unspecified atom stereocenters. The number of carbonyl (C=O) groups excluding carboxylic acids is 2. The van der Waals surface area contributed by atoms with Gasteiger partial charge in [0, 0.05) is 83.3 Å². The monoisotopic (exact) mass is 414 g/mol. The van der Waals surface area contributed by atoms with E-state index >= 15 is 0 Å². The molecule has 2 aliphatic heterocycles. The molecule has 0 radical (unpaired) electrons. The lowest BCUT2D eigenvalue weighted by Gasteiger charge is -2.43. The fourth-order valence-electron chi connectivity index (χ4n) is 4.54. The van der Waals surface area contributed by atoms with Gasteiger partial charge in [-0.25, -0.2) is 0 Å². The van der Waals surface area contributed by atoms with Gasteiger partial charge in [-0.3, -0.25) is 24.4 Å². The highest BCUT2D eigenvalue weighted by Crippen LogP contribution is 2.25. The molecule has 8 heteroatoms. The van der Waals surface area contributed by atoms with E-state index < -0.39 is 5.91 Å². The molecule has 0 spiro atoms. The SMILES string of the molecule is NC(=O)c1ccc(CCN2CCN(CC(=O)N3CCN(C4CCC4)CC3)CC2)nc1. The quantitative estimate of drug-likeness (QED) is 0.678. The third-order valence-electron chi connectivity index (χ3n) is 6.88. The number of nitrogens with zero attached hydrogens (tertiary/aromatic N) is 5. The second-order valence-electron chi connectivity index (χ2n) is 8.77. The molecule has 0 atom stereocenters. The average molecular weight is 415 g/mol. The van der Waals surface area contributed by atoms with Crippen molar-refractivity contribution in [1.29, 1.82) is 0 Å². The Morgan fingerprint density at radius 1 is 0.967 bits per heavy atom. The van der Waals surface area contributed by atoms with Crippen molar-refractivity contribution in [3.05, 3.63) is 29.6 Å². The predicted octanol–water partition coefficient (Wildman–Crippen LogP) is 0.0373. The Labute approximate surface area is 179 Å². The van der Waals surface area contributed by atoms with Crippen LogP contribution in [0.3, 0.4) is 0 Å². The first-order valence-electron chi connectivity index (χ1n) is 11.3. The first-order chi connectivity index (χ1) is 14.6. The topological polar surface area (TPSA) is 86.0 Å². The molecule has 2 saturated heterocycles. The molecule has 8 nitrogen and oxygen atoms in total. The zero-order valence-corrected chi connectivity index (χ0v) is 17.8. The first-order valence-corrected chi connectivity index (χ1v) is 11.3. The van der Waals surface area contributed by atoms with Gasteiger partial charge < -0.3 is 15.5 Å². The van der Waals surface area contributed by atoms with E-state index in [1.165, 1.54) is 19.3 Å². The number of rotatable bonds is 7. The summed E-state index contributed by atoms with van der Waals surface area (Å²) >= 11 is 0. The van der Waals surface area contributed by atoms with Crippen molar-refractivity contribution in [2.24, 2.45) is 5.73 Å². The van der Waals surface area contributed by atoms with E-state index in [-0.39, 0.29) is 5.91 Å². The molecule has 2 N–H and O–H groups in total. The minimum atomic E-state index is -0.444. The highest BCUT2D eigenvalue weighted by Gasteiger charge is 2.30. The standard InChI is InChI=1S/C22H34N6O2/c23-22(30)18-4-5-19(24-16-18)6-7-25-8-10-26(11-9-25)17-21(29)28-14-12-27(13-15-28)20-2-1-3-20/h4-5,16,20H,1-3,6-15,17H2,(H2,23,30). The third-order valence-corrected chi connectivity index (χ3v) is 6.88. The van der Waals surface area contributed by atoms with Crippen LogP contribution < -0.4 is 5.73 Å². The van der Waals surface area contributed by atoms with E-state index in [1.807, 2.05) is 6.07 Å². The molecule has 0 aromatic carbocycles. The number of amides is 2. The Bertz CT molecular complexity index is 720. The summed E-state index contributed by atoms with van der Waals surface area (Å²) in [5.41, 5.74) is 6.67. The van der Waals surface area contributed by atoms with Crippen molar-refractivity contribution in [2.45, 2.75) is 31.7 Å². The van der Waals surface area contributed by atoms with Crippen LogP contribution in [0.15, 0.2) is 18.3 Å². The molecular formula is C22H34N6O2. The lowest BCUT2D eigenvalue weighted by molar-refractivity contribution is -0.135. The molecule has 1 aliphatic carbocycles. The Hall–Kier alpha value is -2.03. The van der Waals surface area contributed by atoms with Gasteiger partial charge in [-0.15, -0.1) is 0 Å². The number of piperazine rings is 2. The fraction of sp³-hybridized carbons (Fsp3) is 0.682. The van der Waals surface area contributed by atoms with E-state index in [0.29, 0.717) is 12.1 Å². The molecule has 4 rings (SSSR count). The van der Waals surface area contributed by atoms with E-state index in [9.17, 15) is 9.59 Å². The maximum atomic E-state index is 12.7. The number of aromatic nitrogens is 1. The number of primary amides is 1. The van der Waals surface area contributed by atoms with Gasteiger partial charge in [0.05, 0.1) is 12.1 Å². The normalized spacial score (nSPS) is 22.1. The van der Waals surface area contributed by atoms with E-state index in [4.69, 9.17) is 5.73 Å². The maximum Gasteiger partial charge on any atom is 0.250 e. The van der Waals surface area contributed by atoms with Gasteiger partial charge in [0.25, 0.3) is 0 Å². The Kier molecular flexibility index (Phi) is 6.97. The summed E-state index contributed by atoms with van der Waals surface area (Å²) in [5, 5.41) is 0. The average Bonchev–Trinajstić information content (AvgIpc) is 2.73. The van der Waals surface area contributed by atoms with Gasteiger partial charge in [0.1, 0.15) is 0 Å². The first kappa shape index (κ1) is 21.2. The van der Waals surface area contributed by atoms with E-state index in [0.717, 1.165) is 77.1 Å². The number of nitrogens with two attached hydrogens (primary N) is 1. The molecule has 1 saturated carbocycles. The molecule has 3 aliphatic rings. The van der Waals surface area contributed by atoms with Crippen LogP contribution in [-0.4, -0.2) is 108 Å². The predicted molar refractivity (Wildman–Crippen MR) is 115 cm³/mol. The molecule has 3 heterocycles. The smallest absolute Gasteiger partial charge is 0.250 e. The molecule has 30 heavy (non-hydrogen) atoms. The summed E-state index contributed by atoms with van der Waals surface area (Å²) in [6.45, 7) is 9.15. The van der Waals surface area contributed by atoms with Gasteiger partial charge in [0.15, 0.2) is 0 Å². The zero-order chi connectivity index (χ0) is 20.9. The second kappa shape index (κ2) is 9.85. The van der Waals surface area contributed by atoms with Crippen LogP contribution in [0.4, 0.5) is 0 Å². The summed E-state index contributed by atoms with van der Waals surface area (Å²) in [5.74, 6) is -0.157. The molecule has 2 amide bonds. The molecule has 164 valence electrons. The van der Waals surface area contributed by atoms with Crippen LogP contribution in [0.1, 0.15) is 35.3 Å².